The number of halogens is 5. The van der Waals surface area contributed by atoms with Gasteiger partial charge in [-0.05, 0) is 91.8 Å². The summed E-state index contributed by atoms with van der Waals surface area (Å²) in [6.45, 7) is 11.6. The average Bonchev–Trinajstić information content (AvgIpc) is 0.824. The molecule has 0 radical (unpaired) electrons. The van der Waals surface area contributed by atoms with Crippen molar-refractivity contribution >= 4 is 76.6 Å². The molecular formula is C67H94ClF4N11O11. The second-order valence-corrected chi connectivity index (χ2v) is 25.9. The number of alkyl halides is 3. The average molecular weight is 1340 g/mol. The van der Waals surface area contributed by atoms with Crippen molar-refractivity contribution in [2.24, 2.45) is 17.8 Å². The summed E-state index contributed by atoms with van der Waals surface area (Å²) in [6, 6.07) is 7.33. The summed E-state index contributed by atoms with van der Waals surface area (Å²) in [6.07, 6.45) is -5.81. The van der Waals surface area contributed by atoms with Crippen LogP contribution in [0.3, 0.4) is 0 Å². The number of nitrogens with zero attached hydrogens (tertiary/aromatic N) is 8. The number of nitrogens with one attached hydrogen (secondary N) is 3. The second-order valence-electron chi connectivity index (χ2n) is 25.5. The van der Waals surface area contributed by atoms with Crippen molar-refractivity contribution in [3.63, 3.8) is 0 Å². The summed E-state index contributed by atoms with van der Waals surface area (Å²) in [5.41, 5.74) is -0.358. The van der Waals surface area contributed by atoms with E-state index >= 15 is 18.8 Å². The van der Waals surface area contributed by atoms with Gasteiger partial charge in [0, 0.05) is 86.7 Å². The van der Waals surface area contributed by atoms with Gasteiger partial charge in [-0.25, -0.2) is 4.39 Å². The first-order valence-corrected chi connectivity index (χ1v) is 31.8. The minimum absolute atomic E-state index is 0.0116. The van der Waals surface area contributed by atoms with Gasteiger partial charge in [-0.3, -0.25) is 52.7 Å². The molecule has 11 amide bonds. The molecule has 94 heavy (non-hydrogen) atoms. The molecule has 0 aromatic heterocycles. The Morgan fingerprint density at radius 2 is 1.09 bits per heavy atom. The van der Waals surface area contributed by atoms with Crippen molar-refractivity contribution in [3.05, 3.63) is 106 Å². The minimum Gasteiger partial charge on any atom is -0.351 e. The summed E-state index contributed by atoms with van der Waals surface area (Å²) in [5.74, 6) is -10.9. The van der Waals surface area contributed by atoms with E-state index in [9.17, 15) is 51.5 Å². The van der Waals surface area contributed by atoms with E-state index in [1.807, 2.05) is 0 Å². The number of amides is 11. The maximum atomic E-state index is 15.3. The van der Waals surface area contributed by atoms with Gasteiger partial charge in [-0.15, -0.1) is 0 Å². The summed E-state index contributed by atoms with van der Waals surface area (Å²) in [7, 11) is 10.7. The van der Waals surface area contributed by atoms with Gasteiger partial charge in [-0.2, -0.15) is 13.2 Å². The Bertz CT molecular complexity index is 3180. The van der Waals surface area contributed by atoms with Gasteiger partial charge >= 0.3 is 6.18 Å². The maximum absolute atomic E-state index is 15.3. The lowest BCUT2D eigenvalue weighted by Crippen LogP contribution is -2.61. The fraction of sp³-hybridized carbons (Fsp3) is 0.567. The number of rotatable bonds is 12. The quantitative estimate of drug-likeness (QED) is 0.202. The van der Waals surface area contributed by atoms with E-state index in [-0.39, 0.29) is 50.0 Å². The monoisotopic (exact) mass is 1340 g/mol. The van der Waals surface area contributed by atoms with Crippen molar-refractivity contribution in [1.82, 2.24) is 55.1 Å². The predicted molar refractivity (Wildman–Crippen MR) is 346 cm³/mol. The van der Waals surface area contributed by atoms with Gasteiger partial charge in [0.1, 0.15) is 48.1 Å². The zero-order chi connectivity index (χ0) is 71.0. The van der Waals surface area contributed by atoms with Gasteiger partial charge in [0.25, 0.3) is 0 Å². The Morgan fingerprint density at radius 3 is 1.64 bits per heavy atom. The highest BCUT2D eigenvalue weighted by Gasteiger charge is 2.42. The molecule has 518 valence electrons. The number of carbonyl (C=O) groups excluding carboxylic acids is 11. The lowest BCUT2D eigenvalue weighted by molar-refractivity contribution is -0.153. The van der Waals surface area contributed by atoms with Gasteiger partial charge < -0.3 is 55.1 Å². The summed E-state index contributed by atoms with van der Waals surface area (Å²) in [5, 5.41) is 8.60. The van der Waals surface area contributed by atoms with E-state index in [2.05, 4.69) is 16.0 Å². The molecule has 0 saturated carbocycles. The smallest absolute Gasteiger partial charge is 0.351 e. The van der Waals surface area contributed by atoms with E-state index in [4.69, 9.17) is 11.6 Å². The number of hydrogen-bond donors (Lipinski definition) is 3. The molecule has 4 rings (SSSR count). The van der Waals surface area contributed by atoms with Gasteiger partial charge in [0.15, 0.2) is 0 Å². The first-order chi connectivity index (χ1) is 43.8. The van der Waals surface area contributed by atoms with Crippen molar-refractivity contribution in [3.8, 4) is 0 Å². The summed E-state index contributed by atoms with van der Waals surface area (Å²) in [4.78, 5) is 168. The second kappa shape index (κ2) is 34.8. The normalized spacial score (nSPS) is 23.5. The van der Waals surface area contributed by atoms with E-state index in [1.165, 1.54) is 78.0 Å². The molecular weight excluding hydrogens is 1250 g/mol. The van der Waals surface area contributed by atoms with Crippen LogP contribution in [0.15, 0.2) is 72.8 Å². The summed E-state index contributed by atoms with van der Waals surface area (Å²) < 4.78 is 56.1. The Hall–Kier alpha value is -8.16. The lowest BCUT2D eigenvalue weighted by atomic mass is 9.96. The third-order valence-electron chi connectivity index (χ3n) is 17.3. The number of carbonyl (C=O) groups is 11. The fourth-order valence-electron chi connectivity index (χ4n) is 11.1. The highest BCUT2D eigenvalue weighted by Crippen LogP contribution is 2.32. The lowest BCUT2D eigenvalue weighted by Gasteiger charge is -2.39. The molecule has 0 bridgehead atoms. The predicted octanol–water partition coefficient (Wildman–Crippen LogP) is 5.07. The van der Waals surface area contributed by atoms with E-state index < -0.39 is 162 Å². The number of benzene rings is 3. The maximum Gasteiger partial charge on any atom is 0.419 e. The van der Waals surface area contributed by atoms with Crippen LogP contribution in [0.1, 0.15) is 103 Å². The van der Waals surface area contributed by atoms with E-state index in [0.29, 0.717) is 34.7 Å². The zero-order valence-corrected chi connectivity index (χ0v) is 57.6. The Labute approximate surface area is 554 Å². The van der Waals surface area contributed by atoms with Crippen LogP contribution in [0.2, 0.25) is 5.02 Å². The largest absolute Gasteiger partial charge is 0.419 e. The molecule has 0 aliphatic carbocycles. The molecule has 1 heterocycles. The third-order valence-corrected chi connectivity index (χ3v) is 17.6. The van der Waals surface area contributed by atoms with Crippen molar-refractivity contribution < 1.29 is 70.3 Å². The molecule has 1 fully saturated rings. The molecule has 1 aliphatic heterocycles. The standard InChI is InChI=1S/C67H94ClF4N11O11/c1-17-41(6)58-66(94)78(11)37-56(86)76(9)38-57(87)80(13)52(35-46-23-27-47(68)28-24-46)63(91)77(10)36-54(84)74-50(30-26-45-25-29-48(49(69)33-45)67(70,71)72)62(90)81(14)51(31-39(2)3)64(92)82(15)53(34-44-21-19-18-20-22-44)65(93)83(16)59(40(4)5)61(89)73-42(7)32-55(85)79(12)43(8)60(88)75-58/h18-25,27-29,33,39-43,50-53,58-59H,17,26,30-32,34-38H2,1-16H3,(H,73,89)(H,74,84)(H,75,88)/t41-,42+,43-,50-,51-,52-,53-,58-,59-/m0/s1. The molecule has 1 aliphatic rings. The number of hydrogen-bond acceptors (Lipinski definition) is 11. The van der Waals surface area contributed by atoms with E-state index in [1.54, 1.807) is 103 Å². The van der Waals surface area contributed by atoms with Crippen LogP contribution in [-0.4, -0.2) is 229 Å². The minimum atomic E-state index is -5.02. The zero-order valence-electron chi connectivity index (χ0n) is 56.8. The van der Waals surface area contributed by atoms with Crippen LogP contribution < -0.4 is 16.0 Å². The SMILES string of the molecule is CC[C@H](C)[C@@H]1NC(=O)[C@H](C)N(C)C(=O)C[C@@H](C)NC(=O)[C@H](C(C)C)N(C)C(=O)[C@H](Cc2ccccc2)N(C)C(=O)[C@H](CC(C)C)N(C)C(=O)[C@H](CCc2ccc(C(F)(F)F)c(F)c2)NC(=O)CN(C)C(=O)[C@H](Cc2ccc(Cl)cc2)N(C)C(=O)CN(C)C(=O)CN(C)C1=O. The van der Waals surface area contributed by atoms with E-state index in [0.717, 1.165) is 30.6 Å². The molecule has 0 spiro atoms. The van der Waals surface area contributed by atoms with Crippen LogP contribution in [0, 0.1) is 23.6 Å². The van der Waals surface area contributed by atoms with Crippen LogP contribution in [-0.2, 0) is 78.2 Å². The molecule has 0 unspecified atom stereocenters. The van der Waals surface area contributed by atoms with Gasteiger partial charge in [0.2, 0.25) is 65.0 Å². The van der Waals surface area contributed by atoms with Crippen molar-refractivity contribution in [1.29, 1.82) is 0 Å². The first kappa shape index (κ1) is 78.3. The fourth-order valence-corrected chi connectivity index (χ4v) is 11.2. The molecule has 1 saturated heterocycles. The van der Waals surface area contributed by atoms with Crippen molar-refractivity contribution in [2.75, 3.05) is 76.0 Å². The molecule has 3 aromatic carbocycles. The van der Waals surface area contributed by atoms with Crippen LogP contribution in [0.25, 0.3) is 0 Å². The van der Waals surface area contributed by atoms with Gasteiger partial charge in [0.05, 0.1) is 25.2 Å². The molecule has 27 heteroatoms. The molecule has 22 nitrogen and oxygen atoms in total. The Balaban J connectivity index is 1.89. The third kappa shape index (κ3) is 21.4. The van der Waals surface area contributed by atoms with Crippen LogP contribution in [0.5, 0.6) is 0 Å². The Kier molecular flexibility index (Phi) is 29.0. The number of likely N-dealkylation sites (N-methyl/N-ethyl adjacent to an activating group) is 8. The van der Waals surface area contributed by atoms with Crippen LogP contribution in [0.4, 0.5) is 17.6 Å². The van der Waals surface area contributed by atoms with Crippen molar-refractivity contribution in [2.45, 2.75) is 155 Å². The van der Waals surface area contributed by atoms with Gasteiger partial charge in [-0.1, -0.05) is 108 Å². The molecule has 9 atom stereocenters. The molecule has 3 N–H and O–H groups in total. The number of aryl methyl sites for hydroxylation is 1. The highest BCUT2D eigenvalue weighted by atomic mass is 35.5. The van der Waals surface area contributed by atoms with Crippen LogP contribution >= 0.6 is 11.6 Å². The highest BCUT2D eigenvalue weighted by molar-refractivity contribution is 6.30. The Morgan fingerprint density at radius 1 is 0.553 bits per heavy atom. The topological polar surface area (TPSA) is 250 Å². The summed E-state index contributed by atoms with van der Waals surface area (Å²) >= 11 is 6.20. The molecule has 3 aromatic rings. The first-order valence-electron chi connectivity index (χ1n) is 31.4.